The van der Waals surface area contributed by atoms with Crippen molar-refractivity contribution in [1.29, 1.82) is 0 Å². The molecule has 0 fully saturated rings. The second-order valence-electron chi connectivity index (χ2n) is 4.67. The third-order valence-corrected chi connectivity index (χ3v) is 1.73. The van der Waals surface area contributed by atoms with Gasteiger partial charge in [-0.2, -0.15) is 13.2 Å². The van der Waals surface area contributed by atoms with E-state index in [1.54, 1.807) is 20.8 Å². The van der Waals surface area contributed by atoms with E-state index in [0.29, 0.717) is 6.20 Å². The van der Waals surface area contributed by atoms with Crippen LogP contribution in [0.3, 0.4) is 0 Å². The van der Waals surface area contributed by atoms with E-state index in [1.807, 2.05) is 0 Å². The average Bonchev–Trinajstić information content (AvgIpc) is 2.13. The van der Waals surface area contributed by atoms with Crippen LogP contribution in [0.5, 0.6) is 5.75 Å². The smallest absolute Gasteiger partial charge is 0.409 e. The highest BCUT2D eigenvalue weighted by atomic mass is 19.4. The Balaban J connectivity index is 2.77. The second kappa shape index (κ2) is 4.83. The summed E-state index contributed by atoms with van der Waals surface area (Å²) in [6, 6.07) is 0.718. The van der Waals surface area contributed by atoms with Gasteiger partial charge in [0, 0.05) is 11.7 Å². The molecular weight excluding hydrogens is 249 g/mol. The lowest BCUT2D eigenvalue weighted by Gasteiger charge is -2.19. The van der Waals surface area contributed by atoms with Gasteiger partial charge < -0.3 is 10.1 Å². The molecule has 0 radical (unpaired) electrons. The maximum absolute atomic E-state index is 12.4. The van der Waals surface area contributed by atoms with Crippen LogP contribution < -0.4 is 10.1 Å². The Labute approximate surface area is 102 Å². The van der Waals surface area contributed by atoms with E-state index in [0.717, 1.165) is 12.3 Å². The molecule has 0 bridgehead atoms. The number of hydrogen-bond donors (Lipinski definition) is 1. The van der Waals surface area contributed by atoms with Crippen LogP contribution in [0.15, 0.2) is 18.5 Å². The summed E-state index contributed by atoms with van der Waals surface area (Å²) in [7, 11) is 0. The number of halogens is 3. The summed E-state index contributed by atoms with van der Waals surface area (Å²) in [5.41, 5.74) is -1.50. The standard InChI is InChI=1S/C11H13F3N2O2/c1-10(2,3)16-9(17)18-8-4-7(5-15-6-8)11(12,13)14/h4-6H,1-3H3,(H,16,17). The molecule has 7 heteroatoms. The number of rotatable bonds is 1. The highest BCUT2D eigenvalue weighted by molar-refractivity contribution is 5.71. The quantitative estimate of drug-likeness (QED) is 0.846. The van der Waals surface area contributed by atoms with Crippen molar-refractivity contribution in [2.45, 2.75) is 32.5 Å². The summed E-state index contributed by atoms with van der Waals surface area (Å²) < 4.78 is 41.9. The van der Waals surface area contributed by atoms with E-state index in [1.165, 1.54) is 0 Å². The highest BCUT2D eigenvalue weighted by Gasteiger charge is 2.31. The number of aromatic nitrogens is 1. The maximum atomic E-state index is 12.4. The molecule has 4 nitrogen and oxygen atoms in total. The summed E-state index contributed by atoms with van der Waals surface area (Å²) in [4.78, 5) is 14.7. The van der Waals surface area contributed by atoms with Crippen LogP contribution in [0.2, 0.25) is 0 Å². The van der Waals surface area contributed by atoms with Gasteiger partial charge in [0.2, 0.25) is 0 Å². The molecule has 0 aliphatic rings. The van der Waals surface area contributed by atoms with Crippen molar-refractivity contribution < 1.29 is 22.7 Å². The SMILES string of the molecule is CC(C)(C)NC(=O)Oc1cncc(C(F)(F)F)c1. The predicted octanol–water partition coefficient (Wildman–Crippen LogP) is 2.99. The number of hydrogen-bond acceptors (Lipinski definition) is 3. The lowest BCUT2D eigenvalue weighted by Crippen LogP contribution is -2.42. The predicted molar refractivity (Wildman–Crippen MR) is 58.2 cm³/mol. The summed E-state index contributed by atoms with van der Waals surface area (Å²) in [5.74, 6) is -0.258. The molecule has 0 saturated heterocycles. The van der Waals surface area contributed by atoms with Crippen molar-refractivity contribution in [3.05, 3.63) is 24.0 Å². The number of nitrogens with one attached hydrogen (secondary N) is 1. The molecule has 0 spiro atoms. The Bertz CT molecular complexity index is 439. The minimum atomic E-state index is -4.52. The van der Waals surface area contributed by atoms with Crippen molar-refractivity contribution in [3.8, 4) is 5.75 Å². The fourth-order valence-corrected chi connectivity index (χ4v) is 1.07. The molecule has 0 unspecified atom stereocenters. The Morgan fingerprint density at radius 2 is 1.89 bits per heavy atom. The van der Waals surface area contributed by atoms with Crippen molar-refractivity contribution in [2.75, 3.05) is 0 Å². The fourth-order valence-electron chi connectivity index (χ4n) is 1.07. The van der Waals surface area contributed by atoms with E-state index in [4.69, 9.17) is 4.74 Å². The van der Waals surface area contributed by atoms with Gasteiger partial charge in [-0.25, -0.2) is 4.79 Å². The zero-order chi connectivity index (χ0) is 14.0. The Morgan fingerprint density at radius 1 is 1.28 bits per heavy atom. The Morgan fingerprint density at radius 3 is 2.39 bits per heavy atom. The molecule has 0 aromatic carbocycles. The second-order valence-corrected chi connectivity index (χ2v) is 4.67. The van der Waals surface area contributed by atoms with Crippen LogP contribution in [0.4, 0.5) is 18.0 Å². The topological polar surface area (TPSA) is 51.2 Å². The van der Waals surface area contributed by atoms with Crippen LogP contribution in [0, 0.1) is 0 Å². The number of nitrogens with zero attached hydrogens (tertiary/aromatic N) is 1. The van der Waals surface area contributed by atoms with Gasteiger partial charge in [-0.15, -0.1) is 0 Å². The van der Waals surface area contributed by atoms with Crippen LogP contribution in [-0.2, 0) is 6.18 Å². The fraction of sp³-hybridized carbons (Fsp3) is 0.455. The molecule has 0 atom stereocenters. The van der Waals surface area contributed by atoms with Gasteiger partial charge in [-0.1, -0.05) is 0 Å². The molecule has 0 aliphatic carbocycles. The van der Waals surface area contributed by atoms with Gasteiger partial charge >= 0.3 is 12.3 Å². The monoisotopic (exact) mass is 262 g/mol. The van der Waals surface area contributed by atoms with Gasteiger partial charge in [0.05, 0.1) is 11.8 Å². The zero-order valence-corrected chi connectivity index (χ0v) is 10.1. The van der Waals surface area contributed by atoms with E-state index in [-0.39, 0.29) is 5.75 Å². The maximum Gasteiger partial charge on any atom is 0.418 e. The van der Waals surface area contributed by atoms with Crippen molar-refractivity contribution >= 4 is 6.09 Å². The van der Waals surface area contributed by atoms with Gasteiger partial charge in [-0.05, 0) is 26.8 Å². The van der Waals surface area contributed by atoms with E-state index in [2.05, 4.69) is 10.3 Å². The third kappa shape index (κ3) is 4.60. The van der Waals surface area contributed by atoms with Crippen LogP contribution in [0.1, 0.15) is 26.3 Å². The molecule has 1 amide bonds. The Kier molecular flexibility index (Phi) is 3.83. The normalized spacial score (nSPS) is 12.1. The lowest BCUT2D eigenvalue weighted by molar-refractivity contribution is -0.137. The molecule has 100 valence electrons. The number of amides is 1. The van der Waals surface area contributed by atoms with Crippen molar-refractivity contribution in [2.24, 2.45) is 0 Å². The molecule has 1 aromatic heterocycles. The number of carbonyl (C=O) groups excluding carboxylic acids is 1. The summed E-state index contributed by atoms with van der Waals surface area (Å²) in [6.07, 6.45) is -3.65. The minimum absolute atomic E-state index is 0.258. The van der Waals surface area contributed by atoms with E-state index in [9.17, 15) is 18.0 Å². The lowest BCUT2D eigenvalue weighted by atomic mass is 10.1. The molecule has 1 N–H and O–H groups in total. The van der Waals surface area contributed by atoms with Crippen molar-refractivity contribution in [1.82, 2.24) is 10.3 Å². The summed E-state index contributed by atoms with van der Waals surface area (Å²) >= 11 is 0. The van der Waals surface area contributed by atoms with Gasteiger partial charge in [-0.3, -0.25) is 4.98 Å². The summed E-state index contributed by atoms with van der Waals surface area (Å²) in [5, 5.41) is 2.46. The Hall–Kier alpha value is -1.79. The largest absolute Gasteiger partial charge is 0.418 e. The molecule has 18 heavy (non-hydrogen) atoms. The first-order valence-electron chi connectivity index (χ1n) is 5.10. The van der Waals surface area contributed by atoms with Crippen LogP contribution in [0.25, 0.3) is 0 Å². The minimum Gasteiger partial charge on any atom is -0.409 e. The third-order valence-electron chi connectivity index (χ3n) is 1.73. The molecular formula is C11H13F3N2O2. The van der Waals surface area contributed by atoms with E-state index < -0.39 is 23.4 Å². The number of ether oxygens (including phenoxy) is 1. The molecule has 0 aliphatic heterocycles. The first-order chi connectivity index (χ1) is 8.08. The molecule has 1 aromatic rings. The average molecular weight is 262 g/mol. The van der Waals surface area contributed by atoms with Gasteiger partial charge in [0.15, 0.2) is 5.75 Å². The summed E-state index contributed by atoms with van der Waals surface area (Å²) in [6.45, 7) is 5.16. The van der Waals surface area contributed by atoms with Crippen molar-refractivity contribution in [3.63, 3.8) is 0 Å². The molecule has 0 saturated carbocycles. The van der Waals surface area contributed by atoms with Gasteiger partial charge in [0.25, 0.3) is 0 Å². The first kappa shape index (κ1) is 14.3. The number of alkyl halides is 3. The number of pyridine rings is 1. The van der Waals surface area contributed by atoms with Gasteiger partial charge in [0.1, 0.15) is 0 Å². The molecule has 1 heterocycles. The highest BCUT2D eigenvalue weighted by Crippen LogP contribution is 2.30. The zero-order valence-electron chi connectivity index (χ0n) is 10.1. The first-order valence-corrected chi connectivity index (χ1v) is 5.10. The van der Waals surface area contributed by atoms with Crippen LogP contribution in [-0.4, -0.2) is 16.6 Å². The van der Waals surface area contributed by atoms with E-state index >= 15 is 0 Å². The number of carbonyl (C=O) groups is 1. The van der Waals surface area contributed by atoms with Crippen LogP contribution >= 0.6 is 0 Å². The molecule has 1 rings (SSSR count).